The Kier molecular flexibility index (Phi) is 7.66. The molecule has 0 aliphatic carbocycles. The van der Waals surface area contributed by atoms with Crippen LogP contribution in [0.4, 0.5) is 4.39 Å². The number of halogens is 1. The summed E-state index contributed by atoms with van der Waals surface area (Å²) in [6.07, 6.45) is -0.0669. The number of thioether (sulfide) groups is 1. The standard InChI is InChI=1S/C25H24FN3O2S/c26-23-14-8-7-11-20(23)16-31-17-22(30)18-32-25-28-27-24(15-19-9-3-1-4-10-19)29(25)21-12-5-2-6-13-21/h1-14,22,30H,15-18H2. The van der Waals surface area contributed by atoms with Crippen molar-refractivity contribution in [2.24, 2.45) is 0 Å². The SMILES string of the molecule is OC(COCc1ccccc1F)CSc1nnc(Cc2ccccc2)n1-c1ccccc1. The molecule has 4 aromatic rings. The third-order valence-corrected chi connectivity index (χ3v) is 5.92. The van der Waals surface area contributed by atoms with Crippen molar-refractivity contribution in [1.29, 1.82) is 0 Å². The number of para-hydroxylation sites is 1. The van der Waals surface area contributed by atoms with E-state index in [9.17, 15) is 9.50 Å². The number of aromatic nitrogens is 3. The highest BCUT2D eigenvalue weighted by Crippen LogP contribution is 2.24. The zero-order valence-corrected chi connectivity index (χ0v) is 18.3. The molecule has 4 rings (SSSR count). The molecule has 0 radical (unpaired) electrons. The number of nitrogens with zero attached hydrogens (tertiary/aromatic N) is 3. The Labute approximate surface area is 190 Å². The topological polar surface area (TPSA) is 60.2 Å². The molecule has 0 aliphatic heterocycles. The van der Waals surface area contributed by atoms with Gasteiger partial charge in [-0.1, -0.05) is 78.5 Å². The Morgan fingerprint density at radius 2 is 1.59 bits per heavy atom. The van der Waals surface area contributed by atoms with E-state index in [1.165, 1.54) is 17.8 Å². The number of aliphatic hydroxyl groups excluding tert-OH is 1. The molecule has 0 saturated heterocycles. The predicted octanol–water partition coefficient (Wildman–Crippen LogP) is 4.67. The quantitative estimate of drug-likeness (QED) is 0.357. The average Bonchev–Trinajstić information content (AvgIpc) is 3.22. The average molecular weight is 450 g/mol. The van der Waals surface area contributed by atoms with Crippen molar-refractivity contribution in [2.45, 2.75) is 24.3 Å². The fraction of sp³-hybridized carbons (Fsp3) is 0.200. The number of rotatable bonds is 10. The molecular weight excluding hydrogens is 425 g/mol. The number of hydrogen-bond donors (Lipinski definition) is 1. The Morgan fingerprint density at radius 3 is 2.34 bits per heavy atom. The highest BCUT2D eigenvalue weighted by molar-refractivity contribution is 7.99. The lowest BCUT2D eigenvalue weighted by Crippen LogP contribution is -2.18. The zero-order valence-electron chi connectivity index (χ0n) is 17.5. The van der Waals surface area contributed by atoms with Gasteiger partial charge in [0.1, 0.15) is 11.6 Å². The van der Waals surface area contributed by atoms with Gasteiger partial charge in [0.15, 0.2) is 5.16 Å². The van der Waals surface area contributed by atoms with Crippen molar-refractivity contribution in [3.05, 3.63) is 108 Å². The summed E-state index contributed by atoms with van der Waals surface area (Å²) in [6, 6.07) is 26.5. The lowest BCUT2D eigenvalue weighted by atomic mass is 10.1. The van der Waals surface area contributed by atoms with Crippen molar-refractivity contribution in [1.82, 2.24) is 14.8 Å². The maximum absolute atomic E-state index is 13.7. The van der Waals surface area contributed by atoms with E-state index in [1.807, 2.05) is 53.1 Å². The van der Waals surface area contributed by atoms with E-state index < -0.39 is 6.10 Å². The molecule has 3 aromatic carbocycles. The van der Waals surface area contributed by atoms with Gasteiger partial charge in [0.25, 0.3) is 0 Å². The van der Waals surface area contributed by atoms with Gasteiger partial charge in [-0.2, -0.15) is 0 Å². The first-order valence-electron chi connectivity index (χ1n) is 10.4. The highest BCUT2D eigenvalue weighted by atomic mass is 32.2. The second-order valence-electron chi connectivity index (χ2n) is 7.30. The minimum absolute atomic E-state index is 0.109. The van der Waals surface area contributed by atoms with Crippen LogP contribution >= 0.6 is 11.8 Å². The summed E-state index contributed by atoms with van der Waals surface area (Å²) >= 11 is 1.42. The lowest BCUT2D eigenvalue weighted by molar-refractivity contribution is 0.0386. The van der Waals surface area contributed by atoms with E-state index >= 15 is 0 Å². The normalized spacial score (nSPS) is 12.1. The molecule has 0 fully saturated rings. The molecular formula is C25H24FN3O2S. The van der Waals surface area contributed by atoms with Gasteiger partial charge in [0.05, 0.1) is 19.3 Å². The van der Waals surface area contributed by atoms with Crippen LogP contribution in [0.15, 0.2) is 90.1 Å². The molecule has 32 heavy (non-hydrogen) atoms. The van der Waals surface area contributed by atoms with Gasteiger partial charge in [-0.25, -0.2) is 4.39 Å². The molecule has 7 heteroatoms. The van der Waals surface area contributed by atoms with Crippen LogP contribution in [0.25, 0.3) is 5.69 Å². The summed E-state index contributed by atoms with van der Waals surface area (Å²) in [7, 11) is 0. The molecule has 0 amide bonds. The van der Waals surface area contributed by atoms with E-state index in [-0.39, 0.29) is 19.0 Å². The molecule has 5 nitrogen and oxygen atoms in total. The number of hydrogen-bond acceptors (Lipinski definition) is 5. The van der Waals surface area contributed by atoms with Crippen LogP contribution in [-0.4, -0.2) is 38.3 Å². The van der Waals surface area contributed by atoms with Gasteiger partial charge in [0, 0.05) is 23.4 Å². The van der Waals surface area contributed by atoms with Crippen molar-refractivity contribution < 1.29 is 14.2 Å². The van der Waals surface area contributed by atoms with E-state index in [0.717, 1.165) is 17.1 Å². The van der Waals surface area contributed by atoms with Gasteiger partial charge in [0.2, 0.25) is 0 Å². The second kappa shape index (κ2) is 11.0. The lowest BCUT2D eigenvalue weighted by Gasteiger charge is -2.13. The van der Waals surface area contributed by atoms with Gasteiger partial charge in [-0.05, 0) is 23.8 Å². The third-order valence-electron chi connectivity index (χ3n) is 4.85. The van der Waals surface area contributed by atoms with Gasteiger partial charge >= 0.3 is 0 Å². The summed E-state index contributed by atoms with van der Waals surface area (Å²) in [5, 5.41) is 19.9. The van der Waals surface area contributed by atoms with Crippen LogP contribution in [0.2, 0.25) is 0 Å². The molecule has 0 aliphatic rings. The summed E-state index contributed by atoms with van der Waals surface area (Å²) < 4.78 is 21.2. The Hall–Kier alpha value is -3.00. The third kappa shape index (κ3) is 5.82. The number of ether oxygens (including phenoxy) is 1. The summed E-state index contributed by atoms with van der Waals surface area (Å²) in [6.45, 7) is 0.230. The van der Waals surface area contributed by atoms with E-state index in [2.05, 4.69) is 22.3 Å². The molecule has 1 aromatic heterocycles. The minimum Gasteiger partial charge on any atom is -0.390 e. The first-order chi connectivity index (χ1) is 15.7. The van der Waals surface area contributed by atoms with Crippen LogP contribution < -0.4 is 0 Å². The minimum atomic E-state index is -0.717. The van der Waals surface area contributed by atoms with E-state index in [0.29, 0.717) is 22.9 Å². The molecule has 1 N–H and O–H groups in total. The van der Waals surface area contributed by atoms with Crippen molar-refractivity contribution in [3.63, 3.8) is 0 Å². The van der Waals surface area contributed by atoms with E-state index in [4.69, 9.17) is 4.74 Å². The van der Waals surface area contributed by atoms with Gasteiger partial charge in [-0.3, -0.25) is 4.57 Å². The van der Waals surface area contributed by atoms with Crippen molar-refractivity contribution in [2.75, 3.05) is 12.4 Å². The molecule has 1 unspecified atom stereocenters. The summed E-state index contributed by atoms with van der Waals surface area (Å²) in [4.78, 5) is 0. The molecule has 0 saturated carbocycles. The van der Waals surface area contributed by atoms with Crippen LogP contribution in [-0.2, 0) is 17.8 Å². The Bertz CT molecular complexity index is 1120. The van der Waals surface area contributed by atoms with Gasteiger partial charge in [-0.15, -0.1) is 10.2 Å². The van der Waals surface area contributed by atoms with Crippen LogP contribution in [0, 0.1) is 5.82 Å². The van der Waals surface area contributed by atoms with E-state index in [1.54, 1.807) is 18.2 Å². The van der Waals surface area contributed by atoms with Crippen molar-refractivity contribution >= 4 is 11.8 Å². The summed E-state index contributed by atoms with van der Waals surface area (Å²) in [5.74, 6) is 0.904. The molecule has 1 heterocycles. The zero-order chi connectivity index (χ0) is 22.2. The smallest absolute Gasteiger partial charge is 0.195 e. The monoisotopic (exact) mass is 449 g/mol. The molecule has 0 bridgehead atoms. The number of aliphatic hydroxyl groups is 1. The highest BCUT2D eigenvalue weighted by Gasteiger charge is 2.16. The summed E-state index contributed by atoms with van der Waals surface area (Å²) in [5.41, 5.74) is 2.59. The van der Waals surface area contributed by atoms with Crippen LogP contribution in [0.5, 0.6) is 0 Å². The predicted molar refractivity (Wildman–Crippen MR) is 123 cm³/mol. The van der Waals surface area contributed by atoms with Crippen LogP contribution in [0.3, 0.4) is 0 Å². The van der Waals surface area contributed by atoms with Crippen LogP contribution in [0.1, 0.15) is 17.0 Å². The maximum Gasteiger partial charge on any atom is 0.195 e. The van der Waals surface area contributed by atoms with Crippen molar-refractivity contribution in [3.8, 4) is 5.69 Å². The molecule has 0 spiro atoms. The fourth-order valence-electron chi connectivity index (χ4n) is 3.26. The first kappa shape index (κ1) is 22.2. The Balaban J connectivity index is 1.41. The molecule has 164 valence electrons. The Morgan fingerprint density at radius 1 is 0.906 bits per heavy atom. The molecule has 1 atom stereocenters. The first-order valence-corrected chi connectivity index (χ1v) is 11.3. The fourth-order valence-corrected chi connectivity index (χ4v) is 4.14. The largest absolute Gasteiger partial charge is 0.390 e. The second-order valence-corrected chi connectivity index (χ2v) is 8.29. The maximum atomic E-state index is 13.7. The number of benzene rings is 3. The van der Waals surface area contributed by atoms with Gasteiger partial charge < -0.3 is 9.84 Å².